The Labute approximate surface area is 187 Å². The highest BCUT2D eigenvalue weighted by atomic mass is 35.5. The van der Waals surface area contributed by atoms with E-state index in [1.54, 1.807) is 47.1 Å². The molecule has 4 aromatic rings. The Morgan fingerprint density at radius 1 is 1.22 bits per heavy atom. The SMILES string of the molecule is Cc1nn(-c2ccc(C#N)c(Cl)c2)c(C)c1Oc1ccc(-c2nnc(CC(=O)O)o2)cc1. The van der Waals surface area contributed by atoms with Crippen molar-refractivity contribution in [1.29, 1.82) is 5.26 Å². The van der Waals surface area contributed by atoms with Crippen LogP contribution in [0.5, 0.6) is 11.5 Å². The number of carbonyl (C=O) groups is 1. The highest BCUT2D eigenvalue weighted by Gasteiger charge is 2.17. The molecule has 9 nitrogen and oxygen atoms in total. The smallest absolute Gasteiger partial charge is 0.312 e. The molecule has 4 rings (SSSR count). The lowest BCUT2D eigenvalue weighted by molar-refractivity contribution is -0.136. The van der Waals surface area contributed by atoms with Crippen molar-refractivity contribution in [3.05, 3.63) is 70.3 Å². The van der Waals surface area contributed by atoms with Crippen LogP contribution in [0.25, 0.3) is 17.1 Å². The summed E-state index contributed by atoms with van der Waals surface area (Å²) in [4.78, 5) is 10.8. The van der Waals surface area contributed by atoms with E-state index in [0.29, 0.717) is 39.0 Å². The first-order valence-corrected chi connectivity index (χ1v) is 9.82. The summed E-state index contributed by atoms with van der Waals surface area (Å²) in [5.74, 6) is 0.390. The van der Waals surface area contributed by atoms with E-state index in [2.05, 4.69) is 15.3 Å². The van der Waals surface area contributed by atoms with Gasteiger partial charge in [0.1, 0.15) is 23.9 Å². The Morgan fingerprint density at radius 2 is 1.97 bits per heavy atom. The maximum atomic E-state index is 10.8. The number of rotatable bonds is 6. The second-order valence-electron chi connectivity index (χ2n) is 6.89. The number of nitriles is 1. The van der Waals surface area contributed by atoms with Crippen LogP contribution < -0.4 is 4.74 Å². The molecule has 0 unspecified atom stereocenters. The minimum atomic E-state index is -1.04. The van der Waals surface area contributed by atoms with Crippen LogP contribution in [-0.2, 0) is 11.2 Å². The molecule has 0 bridgehead atoms. The van der Waals surface area contributed by atoms with Crippen molar-refractivity contribution >= 4 is 17.6 Å². The number of ether oxygens (including phenoxy) is 1. The van der Waals surface area contributed by atoms with E-state index in [-0.39, 0.29) is 18.2 Å². The Balaban J connectivity index is 1.56. The van der Waals surface area contributed by atoms with E-state index in [4.69, 9.17) is 31.1 Å². The normalized spacial score (nSPS) is 10.7. The van der Waals surface area contributed by atoms with E-state index in [9.17, 15) is 4.79 Å². The molecule has 0 aliphatic rings. The van der Waals surface area contributed by atoms with Crippen LogP contribution in [0.3, 0.4) is 0 Å². The minimum absolute atomic E-state index is 0.0365. The number of nitrogens with zero attached hydrogens (tertiary/aromatic N) is 5. The average molecular weight is 450 g/mol. The third-order valence-corrected chi connectivity index (χ3v) is 4.95. The molecule has 0 amide bonds. The van der Waals surface area contributed by atoms with Gasteiger partial charge in [0.2, 0.25) is 11.8 Å². The van der Waals surface area contributed by atoms with Crippen molar-refractivity contribution in [2.45, 2.75) is 20.3 Å². The van der Waals surface area contributed by atoms with Gasteiger partial charge >= 0.3 is 5.97 Å². The van der Waals surface area contributed by atoms with Gasteiger partial charge in [0.25, 0.3) is 0 Å². The number of halogens is 1. The van der Waals surface area contributed by atoms with E-state index < -0.39 is 5.97 Å². The second kappa shape index (κ2) is 8.53. The molecule has 0 atom stereocenters. The molecule has 2 aromatic heterocycles. The minimum Gasteiger partial charge on any atom is -0.481 e. The van der Waals surface area contributed by atoms with Gasteiger partial charge in [0.05, 0.1) is 22.0 Å². The maximum Gasteiger partial charge on any atom is 0.312 e. The summed E-state index contributed by atoms with van der Waals surface area (Å²) in [6.45, 7) is 3.71. The molecule has 10 heteroatoms. The second-order valence-corrected chi connectivity index (χ2v) is 7.29. The molecule has 160 valence electrons. The Kier molecular flexibility index (Phi) is 5.62. The molecule has 0 saturated heterocycles. The van der Waals surface area contributed by atoms with Crippen LogP contribution in [0.2, 0.25) is 5.02 Å². The fraction of sp³-hybridized carbons (Fsp3) is 0.136. The number of aromatic nitrogens is 4. The number of carboxylic acids is 1. The topological polar surface area (TPSA) is 127 Å². The molecule has 0 saturated carbocycles. The molecular formula is C22H16ClN5O4. The number of benzene rings is 2. The van der Waals surface area contributed by atoms with Crippen LogP contribution >= 0.6 is 11.6 Å². The van der Waals surface area contributed by atoms with Crippen LogP contribution in [0.1, 0.15) is 22.8 Å². The van der Waals surface area contributed by atoms with Gasteiger partial charge in [0.15, 0.2) is 5.75 Å². The maximum absolute atomic E-state index is 10.8. The van der Waals surface area contributed by atoms with Gasteiger partial charge in [0, 0.05) is 5.56 Å². The standard InChI is InChI=1S/C22H16ClN5O4/c1-12-21(13(2)28(27-12)16-6-3-15(11-24)18(23)9-16)31-17-7-4-14(5-8-17)22-26-25-19(32-22)10-20(29)30/h3-9H,10H2,1-2H3,(H,29,30). The molecule has 0 aliphatic carbocycles. The third kappa shape index (κ3) is 4.17. The van der Waals surface area contributed by atoms with E-state index in [1.807, 2.05) is 19.9 Å². The van der Waals surface area contributed by atoms with E-state index in [0.717, 1.165) is 5.69 Å². The zero-order chi connectivity index (χ0) is 22.8. The monoisotopic (exact) mass is 449 g/mol. The first-order valence-electron chi connectivity index (χ1n) is 9.44. The van der Waals surface area contributed by atoms with Gasteiger partial charge in [-0.2, -0.15) is 10.4 Å². The molecule has 0 radical (unpaired) electrons. The first kappa shape index (κ1) is 21.1. The lowest BCUT2D eigenvalue weighted by Gasteiger charge is -2.08. The molecule has 32 heavy (non-hydrogen) atoms. The van der Waals surface area contributed by atoms with Crippen molar-refractivity contribution in [1.82, 2.24) is 20.0 Å². The van der Waals surface area contributed by atoms with Crippen LogP contribution in [-0.4, -0.2) is 31.1 Å². The quantitative estimate of drug-likeness (QED) is 0.456. The largest absolute Gasteiger partial charge is 0.481 e. The van der Waals surface area contributed by atoms with Crippen molar-refractivity contribution in [2.75, 3.05) is 0 Å². The van der Waals surface area contributed by atoms with Gasteiger partial charge in [-0.15, -0.1) is 10.2 Å². The Morgan fingerprint density at radius 3 is 2.62 bits per heavy atom. The summed E-state index contributed by atoms with van der Waals surface area (Å²) >= 11 is 6.16. The third-order valence-electron chi connectivity index (χ3n) is 4.63. The predicted molar refractivity (Wildman–Crippen MR) is 114 cm³/mol. The van der Waals surface area contributed by atoms with Crippen LogP contribution in [0, 0.1) is 25.2 Å². The molecule has 0 aliphatic heterocycles. The Hall–Kier alpha value is -4.16. The molecule has 2 aromatic carbocycles. The van der Waals surface area contributed by atoms with E-state index in [1.165, 1.54) is 0 Å². The highest BCUT2D eigenvalue weighted by Crippen LogP contribution is 2.32. The summed E-state index contributed by atoms with van der Waals surface area (Å²) in [6, 6.07) is 14.1. The molecule has 0 fully saturated rings. The van der Waals surface area contributed by atoms with Crippen LogP contribution in [0.15, 0.2) is 46.9 Å². The average Bonchev–Trinajstić information content (AvgIpc) is 3.33. The number of hydrogen-bond donors (Lipinski definition) is 1. The van der Waals surface area contributed by atoms with Crippen molar-refractivity contribution < 1.29 is 19.1 Å². The summed E-state index contributed by atoms with van der Waals surface area (Å²) < 4.78 is 13.1. The van der Waals surface area contributed by atoms with Crippen molar-refractivity contribution in [3.63, 3.8) is 0 Å². The highest BCUT2D eigenvalue weighted by molar-refractivity contribution is 6.31. The number of aliphatic carboxylic acids is 1. The summed E-state index contributed by atoms with van der Waals surface area (Å²) in [7, 11) is 0. The zero-order valence-electron chi connectivity index (χ0n) is 17.0. The van der Waals surface area contributed by atoms with E-state index >= 15 is 0 Å². The molecule has 0 spiro atoms. The zero-order valence-corrected chi connectivity index (χ0v) is 17.8. The van der Waals surface area contributed by atoms with Gasteiger partial charge in [-0.3, -0.25) is 4.79 Å². The summed E-state index contributed by atoms with van der Waals surface area (Å²) in [6.07, 6.45) is -0.332. The summed E-state index contributed by atoms with van der Waals surface area (Å²) in [5, 5.41) is 30.4. The summed E-state index contributed by atoms with van der Waals surface area (Å²) in [5.41, 5.74) is 3.20. The fourth-order valence-electron chi connectivity index (χ4n) is 3.11. The Bertz CT molecular complexity index is 1350. The first-order chi connectivity index (χ1) is 15.4. The molecule has 1 N–H and O–H groups in total. The number of hydrogen-bond acceptors (Lipinski definition) is 7. The lowest BCUT2D eigenvalue weighted by atomic mass is 10.2. The lowest BCUT2D eigenvalue weighted by Crippen LogP contribution is -1.99. The van der Waals surface area contributed by atoms with Crippen molar-refractivity contribution in [3.8, 4) is 34.7 Å². The fourth-order valence-corrected chi connectivity index (χ4v) is 3.33. The molecule has 2 heterocycles. The molecular weight excluding hydrogens is 434 g/mol. The number of aryl methyl sites for hydroxylation is 1. The van der Waals surface area contributed by atoms with Gasteiger partial charge in [-0.25, -0.2) is 4.68 Å². The van der Waals surface area contributed by atoms with Crippen LogP contribution in [0.4, 0.5) is 0 Å². The van der Waals surface area contributed by atoms with Gasteiger partial charge in [-0.05, 0) is 56.3 Å². The number of carboxylic acid groups (broad SMARTS) is 1. The van der Waals surface area contributed by atoms with Gasteiger partial charge < -0.3 is 14.3 Å². The predicted octanol–water partition coefficient (Wildman–Crippen LogP) is 4.48. The van der Waals surface area contributed by atoms with Crippen molar-refractivity contribution in [2.24, 2.45) is 0 Å². The van der Waals surface area contributed by atoms with Gasteiger partial charge in [-0.1, -0.05) is 11.6 Å².